The van der Waals surface area contributed by atoms with Crippen molar-refractivity contribution in [3.8, 4) is 11.4 Å². The van der Waals surface area contributed by atoms with Gasteiger partial charge in [-0.15, -0.1) is 0 Å². The lowest BCUT2D eigenvalue weighted by Gasteiger charge is -2.18. The molecule has 0 bridgehead atoms. The summed E-state index contributed by atoms with van der Waals surface area (Å²) in [5.74, 6) is 0.603. The predicted octanol–water partition coefficient (Wildman–Crippen LogP) is 3.85. The monoisotopic (exact) mass is 399 g/mol. The molecule has 144 valence electrons. The number of halogens is 4. The van der Waals surface area contributed by atoms with Gasteiger partial charge in [0.05, 0.1) is 6.42 Å². The fraction of sp³-hybridized carbons (Fsp3) is 0.353. The standard InChI is InChI=1S/C17H17ClF3N5O/c1-3-26-13(10-4-6-11(18)7-5-10)22-12-14(26)23-16(24-15(12)27)25(2)9-8-17(19,20)21/h4-7H,3,8-9H2,1-2H3,(H,23,24,27). The van der Waals surface area contributed by atoms with Crippen LogP contribution in [0.5, 0.6) is 0 Å². The number of aryl methyl sites for hydroxylation is 1. The molecule has 3 rings (SSSR count). The summed E-state index contributed by atoms with van der Waals surface area (Å²) < 4.78 is 39.1. The molecule has 6 nitrogen and oxygen atoms in total. The molecule has 0 atom stereocenters. The van der Waals surface area contributed by atoms with Gasteiger partial charge in [-0.3, -0.25) is 9.78 Å². The third kappa shape index (κ3) is 4.08. The number of anilines is 1. The molecule has 0 amide bonds. The summed E-state index contributed by atoms with van der Waals surface area (Å²) in [5.41, 5.74) is 0.705. The summed E-state index contributed by atoms with van der Waals surface area (Å²) in [5, 5.41) is 0.572. The molecule has 0 fully saturated rings. The van der Waals surface area contributed by atoms with Crippen molar-refractivity contribution in [2.24, 2.45) is 0 Å². The average molecular weight is 400 g/mol. The number of nitrogens with one attached hydrogen (secondary N) is 1. The van der Waals surface area contributed by atoms with Crippen LogP contribution in [0.4, 0.5) is 19.1 Å². The molecular weight excluding hydrogens is 383 g/mol. The minimum Gasteiger partial charge on any atom is -0.345 e. The molecule has 2 heterocycles. The van der Waals surface area contributed by atoms with Crippen LogP contribution in [0.25, 0.3) is 22.6 Å². The summed E-state index contributed by atoms with van der Waals surface area (Å²) in [7, 11) is 1.45. The van der Waals surface area contributed by atoms with Crippen molar-refractivity contribution in [2.45, 2.75) is 26.1 Å². The molecule has 0 spiro atoms. The van der Waals surface area contributed by atoms with Crippen LogP contribution in [-0.2, 0) is 6.54 Å². The lowest BCUT2D eigenvalue weighted by molar-refractivity contribution is -0.132. The first-order valence-corrected chi connectivity index (χ1v) is 8.61. The second kappa shape index (κ2) is 7.22. The first-order chi connectivity index (χ1) is 12.7. The van der Waals surface area contributed by atoms with E-state index in [-0.39, 0.29) is 18.0 Å². The van der Waals surface area contributed by atoms with Crippen LogP contribution in [0.1, 0.15) is 13.3 Å². The maximum Gasteiger partial charge on any atom is 0.390 e. The zero-order valence-electron chi connectivity index (χ0n) is 14.6. The third-order valence-electron chi connectivity index (χ3n) is 4.10. The first-order valence-electron chi connectivity index (χ1n) is 8.24. The van der Waals surface area contributed by atoms with E-state index < -0.39 is 18.2 Å². The Bertz CT molecular complexity index is 1010. The maximum absolute atomic E-state index is 12.5. The number of hydrogen-bond acceptors (Lipinski definition) is 4. The number of aromatic nitrogens is 4. The van der Waals surface area contributed by atoms with Crippen molar-refractivity contribution in [1.29, 1.82) is 0 Å². The van der Waals surface area contributed by atoms with E-state index in [1.165, 1.54) is 11.9 Å². The van der Waals surface area contributed by atoms with Crippen molar-refractivity contribution in [3.05, 3.63) is 39.6 Å². The number of nitrogens with zero attached hydrogens (tertiary/aromatic N) is 4. The highest BCUT2D eigenvalue weighted by Crippen LogP contribution is 2.25. The van der Waals surface area contributed by atoms with Crippen LogP contribution in [0.15, 0.2) is 29.1 Å². The number of benzene rings is 1. The van der Waals surface area contributed by atoms with E-state index in [0.717, 1.165) is 5.56 Å². The molecule has 27 heavy (non-hydrogen) atoms. The summed E-state index contributed by atoms with van der Waals surface area (Å²) in [6.45, 7) is 2.04. The predicted molar refractivity (Wildman–Crippen MR) is 98.2 cm³/mol. The Labute approximate surface area is 157 Å². The largest absolute Gasteiger partial charge is 0.390 e. The Hall–Kier alpha value is -2.55. The number of fused-ring (bicyclic) bond motifs is 1. The third-order valence-corrected chi connectivity index (χ3v) is 4.36. The van der Waals surface area contributed by atoms with Gasteiger partial charge in [0.1, 0.15) is 5.82 Å². The second-order valence-electron chi connectivity index (χ2n) is 6.04. The van der Waals surface area contributed by atoms with E-state index in [9.17, 15) is 18.0 Å². The number of H-pyrrole nitrogens is 1. The number of alkyl halides is 3. The molecule has 10 heteroatoms. The summed E-state index contributed by atoms with van der Waals surface area (Å²) >= 11 is 5.91. The Morgan fingerprint density at radius 1 is 1.22 bits per heavy atom. The van der Waals surface area contributed by atoms with Crippen molar-refractivity contribution < 1.29 is 13.2 Å². The van der Waals surface area contributed by atoms with Crippen molar-refractivity contribution >= 4 is 28.7 Å². The summed E-state index contributed by atoms with van der Waals surface area (Å²) in [6, 6.07) is 6.98. The highest BCUT2D eigenvalue weighted by molar-refractivity contribution is 6.30. The normalized spacial score (nSPS) is 11.9. The maximum atomic E-state index is 12.5. The van der Waals surface area contributed by atoms with Gasteiger partial charge >= 0.3 is 6.18 Å². The Kier molecular flexibility index (Phi) is 5.14. The molecule has 2 aromatic heterocycles. The minimum atomic E-state index is -4.29. The molecule has 0 saturated heterocycles. The molecule has 0 radical (unpaired) electrons. The lowest BCUT2D eigenvalue weighted by atomic mass is 10.2. The molecule has 1 aromatic carbocycles. The van der Waals surface area contributed by atoms with Gasteiger partial charge in [0.2, 0.25) is 5.95 Å². The molecular formula is C17H17ClF3N5O. The second-order valence-corrected chi connectivity index (χ2v) is 6.47. The Morgan fingerprint density at radius 2 is 1.89 bits per heavy atom. The van der Waals surface area contributed by atoms with Crippen LogP contribution in [0.3, 0.4) is 0 Å². The Balaban J connectivity index is 2.06. The topological polar surface area (TPSA) is 66.8 Å². The number of rotatable bonds is 5. The molecule has 1 N–H and O–H groups in total. The molecule has 3 aromatic rings. The zero-order chi connectivity index (χ0) is 19.8. The first kappa shape index (κ1) is 19.2. The van der Waals surface area contributed by atoms with Gasteiger partial charge in [-0.1, -0.05) is 11.6 Å². The van der Waals surface area contributed by atoms with Crippen LogP contribution in [-0.4, -0.2) is 39.3 Å². The van der Waals surface area contributed by atoms with E-state index in [0.29, 0.717) is 23.0 Å². The van der Waals surface area contributed by atoms with Gasteiger partial charge in [-0.2, -0.15) is 18.2 Å². The molecule has 0 unspecified atom stereocenters. The van der Waals surface area contributed by atoms with Crippen molar-refractivity contribution in [2.75, 3.05) is 18.5 Å². The highest BCUT2D eigenvalue weighted by atomic mass is 35.5. The zero-order valence-corrected chi connectivity index (χ0v) is 15.4. The lowest BCUT2D eigenvalue weighted by Crippen LogP contribution is -2.27. The van der Waals surface area contributed by atoms with Gasteiger partial charge in [0.15, 0.2) is 11.2 Å². The highest BCUT2D eigenvalue weighted by Gasteiger charge is 2.28. The van der Waals surface area contributed by atoms with E-state index in [4.69, 9.17) is 11.6 Å². The van der Waals surface area contributed by atoms with E-state index in [2.05, 4.69) is 15.0 Å². The van der Waals surface area contributed by atoms with Crippen LogP contribution >= 0.6 is 11.6 Å². The minimum absolute atomic E-state index is 0.0639. The van der Waals surface area contributed by atoms with Crippen molar-refractivity contribution in [3.63, 3.8) is 0 Å². The molecule has 0 aliphatic rings. The molecule has 0 aliphatic heterocycles. The fourth-order valence-electron chi connectivity index (χ4n) is 2.70. The number of hydrogen-bond donors (Lipinski definition) is 1. The smallest absolute Gasteiger partial charge is 0.345 e. The van der Waals surface area contributed by atoms with Crippen LogP contribution < -0.4 is 10.5 Å². The summed E-state index contributed by atoms with van der Waals surface area (Å²) in [4.78, 5) is 24.9. The van der Waals surface area contributed by atoms with E-state index >= 15 is 0 Å². The van der Waals surface area contributed by atoms with Gasteiger partial charge in [-0.25, -0.2) is 4.98 Å². The van der Waals surface area contributed by atoms with Crippen molar-refractivity contribution in [1.82, 2.24) is 19.5 Å². The van der Waals surface area contributed by atoms with E-state index in [1.54, 1.807) is 28.8 Å². The van der Waals surface area contributed by atoms with Gasteiger partial charge < -0.3 is 9.47 Å². The van der Waals surface area contributed by atoms with Crippen LogP contribution in [0.2, 0.25) is 5.02 Å². The summed E-state index contributed by atoms with van der Waals surface area (Å²) in [6.07, 6.45) is -5.29. The Morgan fingerprint density at radius 3 is 2.48 bits per heavy atom. The molecule has 0 aliphatic carbocycles. The van der Waals surface area contributed by atoms with Gasteiger partial charge in [0.25, 0.3) is 5.56 Å². The SMILES string of the molecule is CCn1c(-c2ccc(Cl)cc2)nc2c(=O)[nH]c(N(C)CCC(F)(F)F)nc21. The fourth-order valence-corrected chi connectivity index (χ4v) is 2.83. The van der Waals surface area contributed by atoms with E-state index in [1.807, 2.05) is 6.92 Å². The van der Waals surface area contributed by atoms with Crippen LogP contribution in [0, 0.1) is 0 Å². The molecule has 0 saturated carbocycles. The quantitative estimate of drug-likeness (QED) is 0.707. The number of imidazole rings is 1. The number of aromatic amines is 1. The average Bonchev–Trinajstić information content (AvgIpc) is 2.98. The van der Waals surface area contributed by atoms with Gasteiger partial charge in [-0.05, 0) is 31.2 Å². The van der Waals surface area contributed by atoms with Gasteiger partial charge in [0, 0.05) is 30.7 Å².